The molecule has 0 unspecified atom stereocenters. The van der Waals surface area contributed by atoms with Crippen LogP contribution in [0.5, 0.6) is 0 Å². The van der Waals surface area contributed by atoms with Gasteiger partial charge in [-0.15, -0.1) is 0 Å². The normalized spacial score (nSPS) is 11.9. The largest absolute Gasteiger partial charge is 0.472 e. The Bertz CT molecular complexity index is 437. The zero-order valence-electron chi connectivity index (χ0n) is 7.64. The van der Waals surface area contributed by atoms with Crippen LogP contribution in [-0.4, -0.2) is 3.79 Å². The minimum atomic E-state index is -1.47. The number of fused-ring (bicyclic) bond motifs is 1. The molecule has 0 fully saturated rings. The van der Waals surface area contributed by atoms with Crippen LogP contribution < -0.4 is 0 Å². The summed E-state index contributed by atoms with van der Waals surface area (Å²) in [5, 5.41) is 0. The quantitative estimate of drug-likeness (QED) is 0.674. The van der Waals surface area contributed by atoms with Gasteiger partial charge in [-0.05, 0) is 29.3 Å². The van der Waals surface area contributed by atoms with Crippen molar-refractivity contribution in [2.75, 3.05) is 0 Å². The summed E-state index contributed by atoms with van der Waals surface area (Å²) in [5.41, 5.74) is 3.27. The Morgan fingerprint density at radius 1 is 1.20 bits per heavy atom. The molecule has 1 aliphatic carbocycles. The van der Waals surface area contributed by atoms with Crippen molar-refractivity contribution in [3.8, 4) is 11.1 Å². The van der Waals surface area contributed by atoms with Crippen LogP contribution >= 0.6 is 34.8 Å². The van der Waals surface area contributed by atoms with Crippen molar-refractivity contribution in [1.82, 2.24) is 0 Å². The van der Waals surface area contributed by atoms with E-state index in [-0.39, 0.29) is 0 Å². The van der Waals surface area contributed by atoms with Crippen LogP contribution in [0, 0.1) is 0 Å². The monoisotopic (exact) mass is 260 g/mol. The molecule has 1 aliphatic heterocycles. The third-order valence-corrected chi connectivity index (χ3v) is 2.85. The second kappa shape index (κ2) is 3.75. The maximum Gasteiger partial charge on any atom is 0.216 e. The van der Waals surface area contributed by atoms with Crippen molar-refractivity contribution >= 4 is 40.4 Å². The molecule has 0 aromatic carbocycles. The summed E-state index contributed by atoms with van der Waals surface area (Å²) in [7, 11) is 0. The molecule has 0 saturated carbocycles. The van der Waals surface area contributed by atoms with Crippen molar-refractivity contribution in [2.24, 2.45) is 0 Å². The summed E-state index contributed by atoms with van der Waals surface area (Å²) in [6.45, 7) is 3.77. The van der Waals surface area contributed by atoms with E-state index >= 15 is 0 Å². The Labute approximate surface area is 103 Å². The Morgan fingerprint density at radius 2 is 1.87 bits per heavy atom. The first-order valence-corrected chi connectivity index (χ1v) is 5.34. The molecular weight excluding hydrogens is 254 g/mol. The Kier molecular flexibility index (Phi) is 2.72. The van der Waals surface area contributed by atoms with Gasteiger partial charge in [0.05, 0.1) is 12.5 Å². The van der Waals surface area contributed by atoms with Gasteiger partial charge in [0, 0.05) is 11.1 Å². The third kappa shape index (κ3) is 2.15. The van der Waals surface area contributed by atoms with Gasteiger partial charge in [0.1, 0.15) is 0 Å². The summed E-state index contributed by atoms with van der Waals surface area (Å²) in [6, 6.07) is 5.64. The van der Waals surface area contributed by atoms with Crippen LogP contribution in [0.1, 0.15) is 5.56 Å². The van der Waals surface area contributed by atoms with E-state index in [0.29, 0.717) is 5.57 Å². The lowest BCUT2D eigenvalue weighted by molar-refractivity contribution is 0.552. The fourth-order valence-corrected chi connectivity index (χ4v) is 1.68. The molecule has 2 aliphatic rings. The molecule has 0 bridgehead atoms. The van der Waals surface area contributed by atoms with E-state index in [1.54, 1.807) is 12.5 Å². The standard InChI is InChI=1S/C11H7Cl3O/c1-7(11(12,13)14)9-4-8-2-3-15-6-10(8)5-9/h2-6H,1H2. The first kappa shape index (κ1) is 10.9. The Balaban J connectivity index is 2.47. The second-order valence-electron chi connectivity index (χ2n) is 3.19. The van der Waals surface area contributed by atoms with Gasteiger partial charge in [0.25, 0.3) is 0 Å². The summed E-state index contributed by atoms with van der Waals surface area (Å²) >= 11 is 17.3. The molecule has 0 N–H and O–H groups in total. The lowest BCUT2D eigenvalue weighted by atomic mass is 10.2. The van der Waals surface area contributed by atoms with E-state index in [1.807, 2.05) is 18.2 Å². The predicted octanol–water partition coefficient (Wildman–Crippen LogP) is 4.77. The fourth-order valence-electron chi connectivity index (χ4n) is 1.35. The highest BCUT2D eigenvalue weighted by Crippen LogP contribution is 2.42. The first-order chi connectivity index (χ1) is 6.98. The Morgan fingerprint density at radius 3 is 2.47 bits per heavy atom. The van der Waals surface area contributed by atoms with Crippen LogP contribution in [0.15, 0.2) is 41.7 Å². The van der Waals surface area contributed by atoms with E-state index in [2.05, 4.69) is 6.58 Å². The molecule has 1 nitrogen and oxygen atoms in total. The average molecular weight is 262 g/mol. The van der Waals surface area contributed by atoms with Gasteiger partial charge in [-0.3, -0.25) is 0 Å². The molecule has 0 radical (unpaired) electrons. The molecule has 1 heterocycles. The van der Waals surface area contributed by atoms with Crippen molar-refractivity contribution in [3.63, 3.8) is 0 Å². The highest BCUT2D eigenvalue weighted by Gasteiger charge is 2.26. The van der Waals surface area contributed by atoms with Crippen LogP contribution in [-0.2, 0) is 0 Å². The minimum Gasteiger partial charge on any atom is -0.472 e. The maximum absolute atomic E-state index is 5.75. The molecule has 0 aromatic heterocycles. The van der Waals surface area contributed by atoms with Crippen LogP contribution in [0.3, 0.4) is 0 Å². The van der Waals surface area contributed by atoms with Crippen LogP contribution in [0.4, 0.5) is 0 Å². The van der Waals surface area contributed by atoms with Gasteiger partial charge in [0.15, 0.2) is 0 Å². The maximum atomic E-state index is 5.75. The van der Waals surface area contributed by atoms with E-state index in [4.69, 9.17) is 39.2 Å². The number of rotatable bonds is 1. The van der Waals surface area contributed by atoms with Gasteiger partial charge in [-0.1, -0.05) is 41.4 Å². The van der Waals surface area contributed by atoms with E-state index in [9.17, 15) is 0 Å². The summed E-state index contributed by atoms with van der Waals surface area (Å²) in [6.07, 6.45) is 3.24. The molecular formula is C11H7Cl3O. The van der Waals surface area contributed by atoms with Gasteiger partial charge in [0.2, 0.25) is 3.79 Å². The van der Waals surface area contributed by atoms with Crippen molar-refractivity contribution in [1.29, 1.82) is 0 Å². The Hall–Kier alpha value is -0.630. The first-order valence-electron chi connectivity index (χ1n) is 4.21. The van der Waals surface area contributed by atoms with Gasteiger partial charge in [-0.2, -0.15) is 0 Å². The smallest absolute Gasteiger partial charge is 0.216 e. The van der Waals surface area contributed by atoms with E-state index in [0.717, 1.165) is 16.7 Å². The number of hydrogen-bond donors (Lipinski definition) is 0. The molecule has 4 heteroatoms. The number of halogens is 3. The van der Waals surface area contributed by atoms with Crippen LogP contribution in [0.25, 0.3) is 16.7 Å². The molecule has 0 atom stereocenters. The van der Waals surface area contributed by atoms with E-state index < -0.39 is 3.79 Å². The minimum absolute atomic E-state index is 0.462. The molecule has 0 spiro atoms. The zero-order chi connectivity index (χ0) is 11.1. The van der Waals surface area contributed by atoms with Crippen LogP contribution in [0.2, 0.25) is 0 Å². The number of allylic oxidation sites excluding steroid dienone is 1. The molecule has 78 valence electrons. The zero-order valence-corrected chi connectivity index (χ0v) is 9.90. The average Bonchev–Trinajstić information content (AvgIpc) is 2.58. The summed E-state index contributed by atoms with van der Waals surface area (Å²) in [4.78, 5) is 0. The highest BCUT2D eigenvalue weighted by atomic mass is 35.6. The fraction of sp³-hybridized carbons (Fsp3) is 0.0909. The van der Waals surface area contributed by atoms with Crippen molar-refractivity contribution < 1.29 is 4.42 Å². The highest BCUT2D eigenvalue weighted by molar-refractivity contribution is 6.72. The summed E-state index contributed by atoms with van der Waals surface area (Å²) < 4.78 is 3.57. The van der Waals surface area contributed by atoms with Crippen molar-refractivity contribution in [2.45, 2.75) is 3.79 Å². The summed E-state index contributed by atoms with van der Waals surface area (Å²) in [5.74, 6) is 0. The van der Waals surface area contributed by atoms with Gasteiger partial charge in [-0.25, -0.2) is 0 Å². The topological polar surface area (TPSA) is 13.1 Å². The second-order valence-corrected chi connectivity index (χ2v) is 5.47. The van der Waals surface area contributed by atoms with Crippen molar-refractivity contribution in [3.05, 3.63) is 42.9 Å². The molecule has 15 heavy (non-hydrogen) atoms. The lowest BCUT2D eigenvalue weighted by Gasteiger charge is -2.12. The van der Waals surface area contributed by atoms with Gasteiger partial charge >= 0.3 is 0 Å². The van der Waals surface area contributed by atoms with E-state index in [1.165, 1.54) is 0 Å². The lowest BCUT2D eigenvalue weighted by Crippen LogP contribution is -2.03. The molecule has 0 saturated heterocycles. The third-order valence-electron chi connectivity index (χ3n) is 2.17. The molecule has 0 amide bonds. The predicted molar refractivity (Wildman–Crippen MR) is 64.7 cm³/mol. The SMILES string of the molecule is C=C(c1cc2ccocc-2c1)C(Cl)(Cl)Cl. The number of alkyl halides is 3. The molecule has 0 aromatic rings. The molecule has 2 rings (SSSR count). The number of hydrogen-bond acceptors (Lipinski definition) is 1. The van der Waals surface area contributed by atoms with Gasteiger partial charge < -0.3 is 4.42 Å².